The number of hydrogen-bond donors (Lipinski definition) is 2. The second kappa shape index (κ2) is 8.19. The van der Waals surface area contributed by atoms with Crippen LogP contribution < -0.4 is 14.8 Å². The number of ether oxygens (including phenoxy) is 2. The molecule has 25 heavy (non-hydrogen) atoms. The monoisotopic (exact) mass is 339 g/mol. The maximum absolute atomic E-state index is 12.1. The van der Waals surface area contributed by atoms with Crippen molar-refractivity contribution in [1.29, 1.82) is 0 Å². The molecule has 0 saturated carbocycles. The molecule has 6 nitrogen and oxygen atoms in total. The Hall–Kier alpha value is -3.02. The summed E-state index contributed by atoms with van der Waals surface area (Å²) in [5, 5.41) is 10.8. The quantitative estimate of drug-likeness (QED) is 0.613. The minimum absolute atomic E-state index is 0.0520. The van der Waals surface area contributed by atoms with E-state index in [2.05, 4.69) is 15.5 Å². The van der Waals surface area contributed by atoms with Crippen LogP contribution in [-0.2, 0) is 4.79 Å². The lowest BCUT2D eigenvalue weighted by Gasteiger charge is -2.11. The molecule has 0 fully saturated rings. The van der Waals surface area contributed by atoms with Gasteiger partial charge in [-0.1, -0.05) is 24.3 Å². The average Bonchev–Trinajstić information content (AvgIpc) is 3.10. The number of benzene rings is 2. The molecule has 2 N–H and O–H groups in total. The molecule has 0 aliphatic rings. The number of hydrogen-bond acceptors (Lipinski definition) is 4. The van der Waals surface area contributed by atoms with Gasteiger partial charge in [0.1, 0.15) is 0 Å². The number of rotatable bonds is 8. The number of aromatic nitrogens is 2. The van der Waals surface area contributed by atoms with E-state index in [1.54, 1.807) is 6.20 Å². The van der Waals surface area contributed by atoms with Gasteiger partial charge in [0, 0.05) is 11.8 Å². The fraction of sp³-hybridized carbons (Fsp3) is 0.263. The number of para-hydroxylation sites is 3. The number of nitrogens with zero attached hydrogens (tertiary/aromatic N) is 1. The number of aromatic amines is 1. The van der Waals surface area contributed by atoms with Gasteiger partial charge in [-0.25, -0.2) is 0 Å². The number of anilines is 1. The zero-order chi connectivity index (χ0) is 17.5. The highest BCUT2D eigenvalue weighted by molar-refractivity contribution is 6.00. The first-order valence-electron chi connectivity index (χ1n) is 8.34. The molecule has 0 atom stereocenters. The van der Waals surface area contributed by atoms with Crippen LogP contribution in [0.15, 0.2) is 48.7 Å². The van der Waals surface area contributed by atoms with Crippen LogP contribution in [0, 0.1) is 0 Å². The molecule has 0 saturated heterocycles. The molecule has 0 aliphatic heterocycles. The molecule has 0 spiro atoms. The van der Waals surface area contributed by atoms with Crippen LogP contribution in [0.25, 0.3) is 10.9 Å². The standard InChI is InChI=1S/C19H21N3O3/c1-2-24-16-9-3-4-10-17(16)25-12-6-11-18(23)21-15-8-5-7-14-13-20-22-19(14)15/h3-5,7-10,13H,2,6,11-12H2,1H3,(H,20,22)(H,21,23). The van der Waals surface area contributed by atoms with Gasteiger partial charge in [0.2, 0.25) is 5.91 Å². The summed E-state index contributed by atoms with van der Waals surface area (Å²) in [4.78, 5) is 12.1. The maximum atomic E-state index is 12.1. The van der Waals surface area contributed by atoms with Crippen molar-refractivity contribution < 1.29 is 14.3 Å². The van der Waals surface area contributed by atoms with Crippen molar-refractivity contribution in [2.45, 2.75) is 19.8 Å². The van der Waals surface area contributed by atoms with Crippen molar-refractivity contribution in [3.05, 3.63) is 48.7 Å². The molecular formula is C19H21N3O3. The van der Waals surface area contributed by atoms with Crippen molar-refractivity contribution in [2.24, 2.45) is 0 Å². The van der Waals surface area contributed by atoms with E-state index in [0.717, 1.165) is 22.3 Å². The minimum atomic E-state index is -0.0520. The van der Waals surface area contributed by atoms with Gasteiger partial charge in [-0.3, -0.25) is 9.89 Å². The summed E-state index contributed by atoms with van der Waals surface area (Å²) in [6.45, 7) is 2.97. The molecule has 0 radical (unpaired) electrons. The third-order valence-corrected chi connectivity index (χ3v) is 3.71. The Morgan fingerprint density at radius 3 is 2.72 bits per heavy atom. The summed E-state index contributed by atoms with van der Waals surface area (Å²) in [7, 11) is 0. The summed E-state index contributed by atoms with van der Waals surface area (Å²) < 4.78 is 11.2. The zero-order valence-corrected chi connectivity index (χ0v) is 14.1. The van der Waals surface area contributed by atoms with E-state index in [4.69, 9.17) is 9.47 Å². The van der Waals surface area contributed by atoms with Gasteiger partial charge in [-0.15, -0.1) is 0 Å². The van der Waals surface area contributed by atoms with Gasteiger partial charge in [0.15, 0.2) is 11.5 Å². The SMILES string of the molecule is CCOc1ccccc1OCCCC(=O)Nc1cccc2cn[nH]c12. The summed E-state index contributed by atoms with van der Waals surface area (Å²) in [5.74, 6) is 1.37. The molecule has 0 aliphatic carbocycles. The Kier molecular flexibility index (Phi) is 5.51. The Morgan fingerprint density at radius 1 is 1.12 bits per heavy atom. The molecule has 0 bridgehead atoms. The van der Waals surface area contributed by atoms with Gasteiger partial charge in [0.25, 0.3) is 0 Å². The summed E-state index contributed by atoms with van der Waals surface area (Å²) >= 11 is 0. The molecule has 1 amide bonds. The summed E-state index contributed by atoms with van der Waals surface area (Å²) in [6.07, 6.45) is 2.72. The molecule has 6 heteroatoms. The van der Waals surface area contributed by atoms with Crippen LogP contribution in [0.1, 0.15) is 19.8 Å². The second-order valence-electron chi connectivity index (χ2n) is 5.52. The number of fused-ring (bicyclic) bond motifs is 1. The fourth-order valence-electron chi connectivity index (χ4n) is 2.54. The second-order valence-corrected chi connectivity index (χ2v) is 5.52. The normalized spacial score (nSPS) is 10.6. The zero-order valence-electron chi connectivity index (χ0n) is 14.1. The van der Waals surface area contributed by atoms with Crippen molar-refractivity contribution in [1.82, 2.24) is 10.2 Å². The van der Waals surface area contributed by atoms with Crippen LogP contribution in [-0.4, -0.2) is 29.3 Å². The lowest BCUT2D eigenvalue weighted by molar-refractivity contribution is -0.116. The molecule has 2 aromatic carbocycles. The number of amides is 1. The number of nitrogens with one attached hydrogen (secondary N) is 2. The van der Waals surface area contributed by atoms with E-state index in [1.807, 2.05) is 49.4 Å². The summed E-state index contributed by atoms with van der Waals surface area (Å²) in [6, 6.07) is 13.2. The predicted octanol–water partition coefficient (Wildman–Crippen LogP) is 3.76. The van der Waals surface area contributed by atoms with Crippen LogP contribution >= 0.6 is 0 Å². The maximum Gasteiger partial charge on any atom is 0.224 e. The van der Waals surface area contributed by atoms with E-state index in [0.29, 0.717) is 31.8 Å². The first-order valence-corrected chi connectivity index (χ1v) is 8.34. The van der Waals surface area contributed by atoms with Gasteiger partial charge in [-0.05, 0) is 31.5 Å². The lowest BCUT2D eigenvalue weighted by Crippen LogP contribution is -2.13. The van der Waals surface area contributed by atoms with Gasteiger partial charge in [0.05, 0.1) is 30.6 Å². The largest absolute Gasteiger partial charge is 0.490 e. The van der Waals surface area contributed by atoms with Crippen molar-refractivity contribution in [3.8, 4) is 11.5 Å². The molecule has 3 rings (SSSR count). The third kappa shape index (κ3) is 4.29. The first-order chi connectivity index (χ1) is 12.3. The van der Waals surface area contributed by atoms with Gasteiger partial charge >= 0.3 is 0 Å². The topological polar surface area (TPSA) is 76.2 Å². The average molecular weight is 339 g/mol. The number of carbonyl (C=O) groups is 1. The highest BCUT2D eigenvalue weighted by atomic mass is 16.5. The first kappa shape index (κ1) is 16.8. The summed E-state index contributed by atoms with van der Waals surface area (Å²) in [5.41, 5.74) is 1.57. The Morgan fingerprint density at radius 2 is 1.92 bits per heavy atom. The van der Waals surface area contributed by atoms with E-state index >= 15 is 0 Å². The fourth-order valence-corrected chi connectivity index (χ4v) is 2.54. The Bertz CT molecular complexity index is 845. The number of H-pyrrole nitrogens is 1. The molecular weight excluding hydrogens is 318 g/mol. The third-order valence-electron chi connectivity index (χ3n) is 3.71. The Balaban J connectivity index is 1.48. The van der Waals surface area contributed by atoms with E-state index < -0.39 is 0 Å². The smallest absolute Gasteiger partial charge is 0.224 e. The van der Waals surface area contributed by atoms with E-state index in [-0.39, 0.29) is 5.91 Å². The highest BCUT2D eigenvalue weighted by Crippen LogP contribution is 2.26. The van der Waals surface area contributed by atoms with Crippen LogP contribution in [0.2, 0.25) is 0 Å². The van der Waals surface area contributed by atoms with Crippen molar-refractivity contribution in [2.75, 3.05) is 18.5 Å². The molecule has 130 valence electrons. The van der Waals surface area contributed by atoms with E-state index in [9.17, 15) is 4.79 Å². The number of carbonyl (C=O) groups excluding carboxylic acids is 1. The molecule has 0 unspecified atom stereocenters. The van der Waals surface area contributed by atoms with Crippen LogP contribution in [0.3, 0.4) is 0 Å². The molecule has 3 aromatic rings. The van der Waals surface area contributed by atoms with Crippen LogP contribution in [0.4, 0.5) is 5.69 Å². The highest BCUT2D eigenvalue weighted by Gasteiger charge is 2.08. The van der Waals surface area contributed by atoms with Crippen LogP contribution in [0.5, 0.6) is 11.5 Å². The minimum Gasteiger partial charge on any atom is -0.490 e. The van der Waals surface area contributed by atoms with Crippen molar-refractivity contribution >= 4 is 22.5 Å². The van der Waals surface area contributed by atoms with E-state index in [1.165, 1.54) is 0 Å². The van der Waals surface area contributed by atoms with Gasteiger partial charge in [-0.2, -0.15) is 5.10 Å². The molecule has 1 aromatic heterocycles. The van der Waals surface area contributed by atoms with Crippen molar-refractivity contribution in [3.63, 3.8) is 0 Å². The lowest BCUT2D eigenvalue weighted by atomic mass is 10.2. The molecule has 1 heterocycles. The van der Waals surface area contributed by atoms with Gasteiger partial charge < -0.3 is 14.8 Å². The predicted molar refractivity (Wildman–Crippen MR) is 97.1 cm³/mol. The Labute approximate surface area is 146 Å².